The highest BCUT2D eigenvalue weighted by Crippen LogP contribution is 2.49. The Morgan fingerprint density at radius 2 is 1.69 bits per heavy atom. The van der Waals surface area contributed by atoms with Crippen molar-refractivity contribution in [1.29, 1.82) is 0 Å². The molecule has 2 fully saturated rings. The number of hydrogen-bond donors (Lipinski definition) is 2. The first-order valence-corrected chi connectivity index (χ1v) is 5.46. The highest BCUT2D eigenvalue weighted by atomic mass is 16.7. The average Bonchev–Trinajstić information content (AvgIpc) is 2.59. The Kier molecular flexibility index (Phi) is 2.86. The van der Waals surface area contributed by atoms with Crippen LogP contribution in [0.5, 0.6) is 0 Å². The first-order chi connectivity index (χ1) is 6.35. The van der Waals surface area contributed by atoms with E-state index in [-0.39, 0.29) is 0 Å². The van der Waals surface area contributed by atoms with Gasteiger partial charge in [-0.05, 0) is 43.9 Å². The van der Waals surface area contributed by atoms with E-state index in [1.165, 1.54) is 51.4 Å². The van der Waals surface area contributed by atoms with Gasteiger partial charge in [-0.2, -0.15) is 0 Å². The van der Waals surface area contributed by atoms with Crippen molar-refractivity contribution in [1.82, 2.24) is 5.59 Å². The molecule has 0 aromatic heterocycles. The number of nitrogens with one attached hydrogen (secondary N) is 1. The second-order valence-electron chi connectivity index (χ2n) is 4.64. The van der Waals surface area contributed by atoms with Crippen LogP contribution in [0, 0.1) is 5.41 Å². The quantitative estimate of drug-likeness (QED) is 0.509. The molecule has 76 valence electrons. The summed E-state index contributed by atoms with van der Waals surface area (Å²) in [5.41, 5.74) is 3.02. The second-order valence-corrected chi connectivity index (χ2v) is 4.64. The van der Waals surface area contributed by atoms with Crippen molar-refractivity contribution in [2.24, 2.45) is 11.3 Å². The molecule has 0 radical (unpaired) electrons. The van der Waals surface area contributed by atoms with E-state index in [4.69, 9.17) is 10.7 Å². The van der Waals surface area contributed by atoms with Crippen molar-refractivity contribution in [2.75, 3.05) is 0 Å². The van der Waals surface area contributed by atoms with Gasteiger partial charge in [-0.25, -0.2) is 5.84 Å². The summed E-state index contributed by atoms with van der Waals surface area (Å²) in [5.74, 6) is 5.13. The summed E-state index contributed by atoms with van der Waals surface area (Å²) in [6, 6.07) is 0. The number of hydrazine groups is 1. The van der Waals surface area contributed by atoms with Gasteiger partial charge in [0, 0.05) is 0 Å². The summed E-state index contributed by atoms with van der Waals surface area (Å²) in [4.78, 5) is 5.21. The van der Waals surface area contributed by atoms with E-state index in [0.717, 1.165) is 0 Å². The van der Waals surface area contributed by atoms with E-state index in [9.17, 15) is 0 Å². The molecule has 2 aliphatic carbocycles. The summed E-state index contributed by atoms with van der Waals surface area (Å²) in [7, 11) is 0. The molecule has 1 spiro atoms. The fourth-order valence-electron chi connectivity index (χ4n) is 3.04. The molecule has 13 heavy (non-hydrogen) atoms. The van der Waals surface area contributed by atoms with Crippen molar-refractivity contribution >= 4 is 0 Å². The highest BCUT2D eigenvalue weighted by Gasteiger charge is 2.37. The van der Waals surface area contributed by atoms with E-state index >= 15 is 0 Å². The maximum absolute atomic E-state index is 5.21. The lowest BCUT2D eigenvalue weighted by molar-refractivity contribution is -0.0605. The Morgan fingerprint density at radius 1 is 1.08 bits per heavy atom. The molecule has 0 atom stereocenters. The zero-order valence-corrected chi connectivity index (χ0v) is 8.22. The molecule has 0 saturated heterocycles. The molecule has 0 bridgehead atoms. The van der Waals surface area contributed by atoms with Gasteiger partial charge in [0.25, 0.3) is 0 Å². The van der Waals surface area contributed by atoms with Crippen LogP contribution in [0.25, 0.3) is 0 Å². The average molecular weight is 184 g/mol. The molecule has 3 N–H and O–H groups in total. The minimum absolute atomic E-state index is 0.358. The van der Waals surface area contributed by atoms with Gasteiger partial charge in [0.15, 0.2) is 0 Å². The van der Waals surface area contributed by atoms with Gasteiger partial charge in [-0.3, -0.25) is 4.84 Å². The van der Waals surface area contributed by atoms with E-state index < -0.39 is 0 Å². The Balaban J connectivity index is 1.81. The van der Waals surface area contributed by atoms with E-state index in [1.807, 2.05) is 0 Å². The number of hydrogen-bond acceptors (Lipinski definition) is 3. The van der Waals surface area contributed by atoms with Gasteiger partial charge in [0.2, 0.25) is 0 Å². The zero-order valence-electron chi connectivity index (χ0n) is 8.22. The Labute approximate surface area is 79.9 Å². The minimum atomic E-state index is 0.358. The standard InChI is InChI=1S/C10H20N2O/c11-12-13-9-3-7-10(8-4-9)5-1-2-6-10/h9,12H,1-8,11H2. The van der Waals surface area contributed by atoms with E-state index in [2.05, 4.69) is 5.59 Å². The van der Waals surface area contributed by atoms with Crippen LogP contribution in [-0.4, -0.2) is 6.10 Å². The van der Waals surface area contributed by atoms with Crippen LogP contribution in [0.15, 0.2) is 0 Å². The van der Waals surface area contributed by atoms with Gasteiger partial charge >= 0.3 is 0 Å². The molecule has 0 aromatic carbocycles. The van der Waals surface area contributed by atoms with Crippen LogP contribution < -0.4 is 11.4 Å². The molecule has 0 aromatic rings. The van der Waals surface area contributed by atoms with Crippen molar-refractivity contribution in [3.05, 3.63) is 0 Å². The Bertz CT molecular complexity index is 156. The molecule has 0 amide bonds. The largest absolute Gasteiger partial charge is 0.284 e. The summed E-state index contributed by atoms with van der Waals surface area (Å²) < 4.78 is 0. The maximum Gasteiger partial charge on any atom is 0.0807 e. The lowest BCUT2D eigenvalue weighted by atomic mass is 9.72. The predicted octanol–water partition coefficient (Wildman–Crippen LogP) is 1.88. The predicted molar refractivity (Wildman–Crippen MR) is 51.6 cm³/mol. The van der Waals surface area contributed by atoms with Crippen LogP contribution in [-0.2, 0) is 4.84 Å². The van der Waals surface area contributed by atoms with Gasteiger partial charge < -0.3 is 0 Å². The fourth-order valence-corrected chi connectivity index (χ4v) is 3.04. The Hall–Kier alpha value is -0.120. The summed E-state index contributed by atoms with van der Waals surface area (Å²) in [6.45, 7) is 0. The molecule has 3 nitrogen and oxygen atoms in total. The summed E-state index contributed by atoms with van der Waals surface area (Å²) >= 11 is 0. The van der Waals surface area contributed by atoms with Crippen LogP contribution in [0.4, 0.5) is 0 Å². The smallest absolute Gasteiger partial charge is 0.0807 e. The van der Waals surface area contributed by atoms with Crippen LogP contribution >= 0.6 is 0 Å². The Morgan fingerprint density at radius 3 is 2.23 bits per heavy atom. The minimum Gasteiger partial charge on any atom is -0.284 e. The van der Waals surface area contributed by atoms with Gasteiger partial charge in [0.1, 0.15) is 0 Å². The molecule has 2 rings (SSSR count). The lowest BCUT2D eigenvalue weighted by Crippen LogP contribution is -2.34. The summed E-state index contributed by atoms with van der Waals surface area (Å²) in [5, 5.41) is 0. The third-order valence-corrected chi connectivity index (χ3v) is 3.89. The molecule has 3 heteroatoms. The number of rotatable bonds is 2. The first-order valence-electron chi connectivity index (χ1n) is 5.46. The number of nitrogens with two attached hydrogens (primary N) is 1. The maximum atomic E-state index is 5.21. The van der Waals surface area contributed by atoms with Crippen molar-refractivity contribution in [2.45, 2.75) is 57.5 Å². The molecule has 2 saturated carbocycles. The molecule has 2 aliphatic rings. The third kappa shape index (κ3) is 2.03. The van der Waals surface area contributed by atoms with Crippen molar-refractivity contribution in [3.8, 4) is 0 Å². The fraction of sp³-hybridized carbons (Fsp3) is 1.00. The lowest BCUT2D eigenvalue weighted by Gasteiger charge is -2.36. The second kappa shape index (κ2) is 3.95. The van der Waals surface area contributed by atoms with Crippen molar-refractivity contribution in [3.63, 3.8) is 0 Å². The molecule has 0 heterocycles. The summed E-state index contributed by atoms with van der Waals surface area (Å²) in [6.07, 6.45) is 11.2. The van der Waals surface area contributed by atoms with E-state index in [1.54, 1.807) is 0 Å². The van der Waals surface area contributed by atoms with E-state index in [0.29, 0.717) is 11.5 Å². The van der Waals surface area contributed by atoms with Crippen LogP contribution in [0.2, 0.25) is 0 Å². The van der Waals surface area contributed by atoms with Gasteiger partial charge in [-0.1, -0.05) is 12.8 Å². The first kappa shape index (κ1) is 9.44. The van der Waals surface area contributed by atoms with Crippen LogP contribution in [0.1, 0.15) is 51.4 Å². The van der Waals surface area contributed by atoms with Gasteiger partial charge in [0.05, 0.1) is 6.10 Å². The highest BCUT2D eigenvalue weighted by molar-refractivity contribution is 4.89. The van der Waals surface area contributed by atoms with Gasteiger partial charge in [-0.15, -0.1) is 5.59 Å². The molecule has 0 unspecified atom stereocenters. The molecular weight excluding hydrogens is 164 g/mol. The monoisotopic (exact) mass is 184 g/mol. The zero-order chi connectivity index (χ0) is 9.15. The topological polar surface area (TPSA) is 47.3 Å². The third-order valence-electron chi connectivity index (χ3n) is 3.89. The van der Waals surface area contributed by atoms with Crippen LogP contribution in [0.3, 0.4) is 0 Å². The van der Waals surface area contributed by atoms with Crippen molar-refractivity contribution < 1.29 is 4.84 Å². The normalized spacial score (nSPS) is 28.4. The molecular formula is C10H20N2O. The SMILES string of the molecule is NNOC1CCC2(CCCC2)CC1. The molecule has 0 aliphatic heterocycles.